The third-order valence-electron chi connectivity index (χ3n) is 5.14. The van der Waals surface area contributed by atoms with E-state index >= 15 is 0 Å². The van der Waals surface area contributed by atoms with E-state index < -0.39 is 15.6 Å². The number of carbonyl (C=O) groups is 1. The molecule has 0 radical (unpaired) electrons. The molecule has 3 aromatic rings. The van der Waals surface area contributed by atoms with Crippen molar-refractivity contribution in [1.82, 2.24) is 4.31 Å². The van der Waals surface area contributed by atoms with Gasteiger partial charge in [-0.25, -0.2) is 13.2 Å². The number of rotatable bonds is 10. The molecule has 33 heavy (non-hydrogen) atoms. The van der Waals surface area contributed by atoms with Crippen LogP contribution in [0.5, 0.6) is 0 Å². The lowest BCUT2D eigenvalue weighted by Crippen LogP contribution is -2.41. The van der Waals surface area contributed by atoms with Crippen LogP contribution >= 0.6 is 0 Å². The van der Waals surface area contributed by atoms with Crippen molar-refractivity contribution in [2.75, 3.05) is 11.9 Å². The maximum Gasteiger partial charge on any atom is 0.331 e. The molecule has 0 aromatic heterocycles. The van der Waals surface area contributed by atoms with Crippen molar-refractivity contribution in [3.63, 3.8) is 0 Å². The molecule has 0 aliphatic carbocycles. The number of carbonyl (C=O) groups excluding carboxylic acids is 1. The van der Waals surface area contributed by atoms with E-state index in [-0.39, 0.29) is 24.0 Å². The zero-order valence-corrected chi connectivity index (χ0v) is 20.0. The average Bonchev–Trinajstić information content (AvgIpc) is 2.80. The highest BCUT2D eigenvalue weighted by Gasteiger charge is 2.29. The molecule has 1 N–H and O–H groups in total. The number of hydrogen-bond donors (Lipinski definition) is 1. The van der Waals surface area contributed by atoms with Gasteiger partial charge >= 0.3 is 5.97 Å². The summed E-state index contributed by atoms with van der Waals surface area (Å²) in [6.07, 6.45) is 0. The highest BCUT2D eigenvalue weighted by molar-refractivity contribution is 7.89. The molecule has 0 aliphatic heterocycles. The lowest BCUT2D eigenvalue weighted by molar-refractivity contribution is -0.147. The molecule has 0 saturated heterocycles. The van der Waals surface area contributed by atoms with Crippen LogP contribution in [0.15, 0.2) is 89.8 Å². The molecule has 0 heterocycles. The van der Waals surface area contributed by atoms with Crippen molar-refractivity contribution < 1.29 is 17.9 Å². The first-order chi connectivity index (χ1) is 15.7. The van der Waals surface area contributed by atoms with Crippen molar-refractivity contribution in [1.29, 1.82) is 0 Å². The van der Waals surface area contributed by atoms with Crippen molar-refractivity contribution in [2.45, 2.75) is 44.3 Å². The Morgan fingerprint density at radius 2 is 1.33 bits per heavy atom. The second-order valence-corrected chi connectivity index (χ2v) is 10.2. The van der Waals surface area contributed by atoms with Gasteiger partial charge in [0.15, 0.2) is 0 Å². The van der Waals surface area contributed by atoms with Gasteiger partial charge in [0.05, 0.1) is 11.5 Å². The summed E-state index contributed by atoms with van der Waals surface area (Å²) >= 11 is 0. The number of ether oxygens (including phenoxy) is 1. The average molecular weight is 467 g/mol. The van der Waals surface area contributed by atoms with Crippen LogP contribution in [0.2, 0.25) is 0 Å². The van der Waals surface area contributed by atoms with Crippen LogP contribution in [0.1, 0.15) is 31.9 Å². The zero-order valence-electron chi connectivity index (χ0n) is 19.2. The van der Waals surface area contributed by atoms with E-state index in [1.54, 1.807) is 45.0 Å². The Morgan fingerprint density at radius 1 is 0.848 bits per heavy atom. The summed E-state index contributed by atoms with van der Waals surface area (Å²) in [5.74, 6) is -0.376. The summed E-state index contributed by atoms with van der Waals surface area (Å²) in [5, 5.41) is 3.11. The Hall–Kier alpha value is -3.16. The van der Waals surface area contributed by atoms with Crippen molar-refractivity contribution >= 4 is 21.7 Å². The molecular formula is C26H30N2O4S. The van der Waals surface area contributed by atoms with Crippen molar-refractivity contribution in [2.24, 2.45) is 0 Å². The number of esters is 1. The molecule has 0 aliphatic rings. The Balaban J connectivity index is 1.85. The van der Waals surface area contributed by atoms with Crippen LogP contribution in [0.25, 0.3) is 0 Å². The minimum atomic E-state index is -3.77. The van der Waals surface area contributed by atoms with E-state index in [1.807, 2.05) is 60.7 Å². The monoisotopic (exact) mass is 466 g/mol. The minimum Gasteiger partial charge on any atom is -0.464 e. The Kier molecular flexibility index (Phi) is 7.89. The Morgan fingerprint density at radius 3 is 1.79 bits per heavy atom. The number of benzene rings is 3. The van der Waals surface area contributed by atoms with Crippen LogP contribution in [-0.4, -0.2) is 30.8 Å². The van der Waals surface area contributed by atoms with E-state index in [0.717, 1.165) is 11.1 Å². The second kappa shape index (κ2) is 10.6. The molecule has 7 heteroatoms. The van der Waals surface area contributed by atoms with E-state index in [9.17, 15) is 13.2 Å². The summed E-state index contributed by atoms with van der Waals surface area (Å²) in [5.41, 5.74) is 1.51. The Bertz CT molecular complexity index is 1100. The van der Waals surface area contributed by atoms with Gasteiger partial charge in [0, 0.05) is 18.8 Å². The van der Waals surface area contributed by atoms with Crippen LogP contribution in [0.3, 0.4) is 0 Å². The van der Waals surface area contributed by atoms with Gasteiger partial charge < -0.3 is 10.1 Å². The van der Waals surface area contributed by atoms with E-state index in [0.29, 0.717) is 12.3 Å². The predicted molar refractivity (Wildman–Crippen MR) is 130 cm³/mol. The largest absolute Gasteiger partial charge is 0.464 e. The fraction of sp³-hybridized carbons (Fsp3) is 0.269. The number of anilines is 1. The van der Waals surface area contributed by atoms with Crippen LogP contribution < -0.4 is 5.32 Å². The fourth-order valence-electron chi connectivity index (χ4n) is 3.38. The standard InChI is InChI=1S/C26H30N2O4S/c1-4-32-25(29)26(2,3)27-23-15-17-24(18-16-23)33(30,31)28(19-21-11-7-5-8-12-21)20-22-13-9-6-10-14-22/h5-18,27H,4,19-20H2,1-3H3. The second-order valence-electron chi connectivity index (χ2n) is 8.24. The molecule has 3 aromatic carbocycles. The highest BCUT2D eigenvalue weighted by Crippen LogP contribution is 2.24. The third kappa shape index (κ3) is 6.43. The number of nitrogens with one attached hydrogen (secondary N) is 1. The number of hydrogen-bond acceptors (Lipinski definition) is 5. The lowest BCUT2D eigenvalue weighted by Gasteiger charge is -2.25. The van der Waals surface area contributed by atoms with Gasteiger partial charge in [-0.05, 0) is 56.2 Å². The highest BCUT2D eigenvalue weighted by atomic mass is 32.2. The van der Waals surface area contributed by atoms with Crippen LogP contribution in [-0.2, 0) is 32.6 Å². The van der Waals surface area contributed by atoms with Gasteiger partial charge in [0.25, 0.3) is 0 Å². The van der Waals surface area contributed by atoms with Gasteiger partial charge in [-0.2, -0.15) is 4.31 Å². The first-order valence-corrected chi connectivity index (χ1v) is 12.3. The smallest absolute Gasteiger partial charge is 0.331 e. The maximum atomic E-state index is 13.6. The first kappa shape index (κ1) is 24.5. The molecule has 0 atom stereocenters. The molecule has 6 nitrogen and oxygen atoms in total. The molecule has 0 fully saturated rings. The van der Waals surface area contributed by atoms with Gasteiger partial charge in [0.2, 0.25) is 10.0 Å². The molecule has 0 spiro atoms. The molecule has 0 amide bonds. The van der Waals surface area contributed by atoms with Crippen LogP contribution in [0, 0.1) is 0 Å². The molecule has 0 bridgehead atoms. The van der Waals surface area contributed by atoms with Gasteiger partial charge in [-0.15, -0.1) is 0 Å². The number of sulfonamides is 1. The SMILES string of the molecule is CCOC(=O)C(C)(C)Nc1ccc(S(=O)(=O)N(Cc2ccccc2)Cc2ccccc2)cc1. The maximum absolute atomic E-state index is 13.6. The summed E-state index contributed by atoms with van der Waals surface area (Å²) in [6.45, 7) is 6.00. The Labute approximate surface area is 196 Å². The third-order valence-corrected chi connectivity index (χ3v) is 6.94. The van der Waals surface area contributed by atoms with E-state index in [1.165, 1.54) is 4.31 Å². The van der Waals surface area contributed by atoms with Gasteiger partial charge in [0.1, 0.15) is 5.54 Å². The molecule has 0 saturated carbocycles. The van der Waals surface area contributed by atoms with E-state index in [4.69, 9.17) is 4.74 Å². The topological polar surface area (TPSA) is 75.7 Å². The fourth-order valence-corrected chi connectivity index (χ4v) is 4.80. The summed E-state index contributed by atoms with van der Waals surface area (Å²) in [6, 6.07) is 25.5. The number of nitrogens with zero attached hydrogens (tertiary/aromatic N) is 1. The molecule has 0 unspecified atom stereocenters. The first-order valence-electron chi connectivity index (χ1n) is 10.9. The van der Waals surface area contributed by atoms with Gasteiger partial charge in [-0.3, -0.25) is 0 Å². The molecule has 174 valence electrons. The normalized spacial score (nSPS) is 11.9. The van der Waals surface area contributed by atoms with Gasteiger partial charge in [-0.1, -0.05) is 60.7 Å². The van der Waals surface area contributed by atoms with Crippen molar-refractivity contribution in [3.05, 3.63) is 96.1 Å². The quantitative estimate of drug-likeness (QED) is 0.433. The predicted octanol–water partition coefficient (Wildman–Crippen LogP) is 4.83. The summed E-state index contributed by atoms with van der Waals surface area (Å²) in [7, 11) is -3.77. The zero-order chi connectivity index (χ0) is 23.9. The molecular weight excluding hydrogens is 436 g/mol. The molecule has 3 rings (SSSR count). The summed E-state index contributed by atoms with van der Waals surface area (Å²) in [4.78, 5) is 12.3. The van der Waals surface area contributed by atoms with Crippen LogP contribution in [0.4, 0.5) is 5.69 Å². The lowest BCUT2D eigenvalue weighted by atomic mass is 10.1. The summed E-state index contributed by atoms with van der Waals surface area (Å²) < 4.78 is 33.7. The van der Waals surface area contributed by atoms with E-state index in [2.05, 4.69) is 5.32 Å². The van der Waals surface area contributed by atoms with Crippen molar-refractivity contribution in [3.8, 4) is 0 Å². The minimum absolute atomic E-state index is 0.189.